The molecular formula is C21H22ClN3O2. The maximum atomic E-state index is 12.0. The van der Waals surface area contributed by atoms with Crippen molar-refractivity contribution in [2.75, 3.05) is 6.61 Å². The lowest BCUT2D eigenvalue weighted by Gasteiger charge is -2.07. The topological polar surface area (TPSA) is 55.6 Å². The molecule has 0 saturated carbocycles. The van der Waals surface area contributed by atoms with Crippen LogP contribution in [0.5, 0.6) is 0 Å². The highest BCUT2D eigenvalue weighted by Crippen LogP contribution is 2.24. The van der Waals surface area contributed by atoms with Crippen molar-refractivity contribution < 1.29 is 9.53 Å². The van der Waals surface area contributed by atoms with E-state index in [1.54, 1.807) is 6.21 Å². The largest absolute Gasteiger partial charge is 0.465 e. The number of aromatic nitrogens is 1. The summed E-state index contributed by atoms with van der Waals surface area (Å²) in [5.41, 5.74) is 7.10. The van der Waals surface area contributed by atoms with E-state index in [1.165, 1.54) is 0 Å². The third-order valence-electron chi connectivity index (χ3n) is 4.35. The average molecular weight is 384 g/mol. The van der Waals surface area contributed by atoms with E-state index in [9.17, 15) is 4.79 Å². The summed E-state index contributed by atoms with van der Waals surface area (Å²) in [6.45, 7) is 4.96. The van der Waals surface area contributed by atoms with Gasteiger partial charge in [0.15, 0.2) is 0 Å². The lowest BCUT2D eigenvalue weighted by molar-refractivity contribution is -0.143. The van der Waals surface area contributed by atoms with Gasteiger partial charge in [-0.15, -0.1) is 0 Å². The Bertz CT molecular complexity index is 961. The van der Waals surface area contributed by atoms with Crippen LogP contribution in [0.4, 0.5) is 0 Å². The number of halogens is 1. The molecule has 0 radical (unpaired) electrons. The molecule has 0 aliphatic carbocycles. The molecule has 27 heavy (non-hydrogen) atoms. The molecule has 0 aliphatic rings. The van der Waals surface area contributed by atoms with Gasteiger partial charge in [0, 0.05) is 27.2 Å². The number of nitrogens with one attached hydrogen (secondary N) is 1. The first-order chi connectivity index (χ1) is 13.1. The minimum Gasteiger partial charge on any atom is -0.465 e. The maximum absolute atomic E-state index is 12.0. The number of rotatable bonds is 7. The van der Waals surface area contributed by atoms with Crippen molar-refractivity contribution in [3.63, 3.8) is 0 Å². The quantitative estimate of drug-likeness (QED) is 0.376. The summed E-state index contributed by atoms with van der Waals surface area (Å²) in [6, 6.07) is 15.6. The van der Waals surface area contributed by atoms with Crippen molar-refractivity contribution in [2.45, 2.75) is 26.9 Å². The normalized spacial score (nSPS) is 11.2. The summed E-state index contributed by atoms with van der Waals surface area (Å²) in [6.07, 6.45) is 1.80. The number of hydrogen-bond donors (Lipinski definition) is 1. The van der Waals surface area contributed by atoms with Crippen LogP contribution in [-0.2, 0) is 22.6 Å². The van der Waals surface area contributed by atoms with Gasteiger partial charge < -0.3 is 14.7 Å². The summed E-state index contributed by atoms with van der Waals surface area (Å²) >= 11 is 5.90. The molecule has 1 heterocycles. The second kappa shape index (κ2) is 8.73. The van der Waals surface area contributed by atoms with Crippen LogP contribution >= 0.6 is 11.6 Å². The first-order valence-corrected chi connectivity index (χ1v) is 9.21. The Balaban J connectivity index is 1.80. The van der Waals surface area contributed by atoms with Gasteiger partial charge in [0.05, 0.1) is 19.4 Å². The minimum absolute atomic E-state index is 0.187. The van der Waals surface area contributed by atoms with Crippen LogP contribution in [0.2, 0.25) is 5.02 Å². The summed E-state index contributed by atoms with van der Waals surface area (Å²) in [5, 5.41) is 6.13. The van der Waals surface area contributed by atoms with Gasteiger partial charge in [-0.2, -0.15) is 5.10 Å². The van der Waals surface area contributed by atoms with Crippen molar-refractivity contribution in [3.8, 4) is 0 Å². The summed E-state index contributed by atoms with van der Waals surface area (Å²) < 4.78 is 7.07. The Morgan fingerprint density at radius 1 is 1.22 bits per heavy atom. The monoisotopic (exact) mass is 383 g/mol. The summed E-state index contributed by atoms with van der Waals surface area (Å²) in [4.78, 5) is 12.0. The van der Waals surface area contributed by atoms with Gasteiger partial charge in [-0.1, -0.05) is 41.9 Å². The van der Waals surface area contributed by atoms with Crippen molar-refractivity contribution in [1.29, 1.82) is 0 Å². The van der Waals surface area contributed by atoms with E-state index >= 15 is 0 Å². The molecule has 3 rings (SSSR count). The molecular weight excluding hydrogens is 362 g/mol. The number of para-hydroxylation sites is 1. The lowest BCUT2D eigenvalue weighted by Crippen LogP contribution is -2.14. The fraction of sp³-hybridized carbons (Fsp3) is 0.238. The molecule has 0 saturated heterocycles. The standard InChI is InChI=1S/C21H22ClN3O2/c1-3-27-21(26)14-25-15(2)19(18-6-4-5-7-20(18)25)13-24-23-12-16-8-10-17(22)11-9-16/h4-11,13,23H,3,12,14H2,1-2H3/b24-13-. The predicted octanol–water partition coefficient (Wildman–Crippen LogP) is 4.29. The number of fused-ring (bicyclic) bond motifs is 1. The van der Waals surface area contributed by atoms with Gasteiger partial charge in [-0.25, -0.2) is 0 Å². The molecule has 0 spiro atoms. The smallest absolute Gasteiger partial charge is 0.325 e. The minimum atomic E-state index is -0.245. The summed E-state index contributed by atoms with van der Waals surface area (Å²) in [5.74, 6) is -0.245. The van der Waals surface area contributed by atoms with Gasteiger partial charge in [0.1, 0.15) is 6.54 Å². The average Bonchev–Trinajstić information content (AvgIpc) is 2.92. The molecule has 0 bridgehead atoms. The van der Waals surface area contributed by atoms with E-state index in [0.29, 0.717) is 18.2 Å². The molecule has 0 amide bonds. The molecule has 0 fully saturated rings. The zero-order valence-electron chi connectivity index (χ0n) is 15.4. The predicted molar refractivity (Wildman–Crippen MR) is 109 cm³/mol. The van der Waals surface area contributed by atoms with E-state index in [1.807, 2.05) is 66.9 Å². The van der Waals surface area contributed by atoms with E-state index in [2.05, 4.69) is 10.5 Å². The fourth-order valence-electron chi connectivity index (χ4n) is 3.01. The number of hydrazone groups is 1. The Labute approximate surface area is 163 Å². The Kier molecular flexibility index (Phi) is 6.14. The highest BCUT2D eigenvalue weighted by molar-refractivity contribution is 6.30. The Morgan fingerprint density at radius 2 is 1.96 bits per heavy atom. The highest BCUT2D eigenvalue weighted by Gasteiger charge is 2.15. The van der Waals surface area contributed by atoms with Gasteiger partial charge in [-0.3, -0.25) is 4.79 Å². The van der Waals surface area contributed by atoms with Crippen molar-refractivity contribution in [3.05, 3.63) is 70.4 Å². The number of carbonyl (C=O) groups excluding carboxylic acids is 1. The van der Waals surface area contributed by atoms with Crippen LogP contribution < -0.4 is 5.43 Å². The third-order valence-corrected chi connectivity index (χ3v) is 4.61. The van der Waals surface area contributed by atoms with E-state index < -0.39 is 0 Å². The first-order valence-electron chi connectivity index (χ1n) is 8.84. The van der Waals surface area contributed by atoms with Crippen LogP contribution in [0.1, 0.15) is 23.7 Å². The number of ether oxygens (including phenoxy) is 1. The second-order valence-electron chi connectivity index (χ2n) is 6.13. The van der Waals surface area contributed by atoms with Crippen LogP contribution in [0.3, 0.4) is 0 Å². The van der Waals surface area contributed by atoms with Gasteiger partial charge in [-0.05, 0) is 37.6 Å². The van der Waals surface area contributed by atoms with Crippen LogP contribution in [-0.4, -0.2) is 23.4 Å². The van der Waals surface area contributed by atoms with E-state index in [-0.39, 0.29) is 12.5 Å². The van der Waals surface area contributed by atoms with Gasteiger partial charge in [0.25, 0.3) is 0 Å². The van der Waals surface area contributed by atoms with E-state index in [4.69, 9.17) is 16.3 Å². The molecule has 0 atom stereocenters. The SMILES string of the molecule is CCOC(=O)Cn1c(C)c(/C=N\NCc2ccc(Cl)cc2)c2ccccc21. The molecule has 140 valence electrons. The molecule has 2 aromatic carbocycles. The first kappa shape index (κ1) is 19.0. The molecule has 1 N–H and O–H groups in total. The molecule has 5 nitrogen and oxygen atoms in total. The second-order valence-corrected chi connectivity index (χ2v) is 6.56. The number of esters is 1. The number of benzene rings is 2. The number of nitrogens with zero attached hydrogens (tertiary/aromatic N) is 2. The maximum Gasteiger partial charge on any atom is 0.325 e. The fourth-order valence-corrected chi connectivity index (χ4v) is 3.14. The Morgan fingerprint density at radius 3 is 2.70 bits per heavy atom. The zero-order chi connectivity index (χ0) is 19.2. The number of carbonyl (C=O) groups is 1. The zero-order valence-corrected chi connectivity index (χ0v) is 16.2. The van der Waals surface area contributed by atoms with Gasteiger partial charge >= 0.3 is 5.97 Å². The third kappa shape index (κ3) is 4.49. The molecule has 0 unspecified atom stereocenters. The lowest BCUT2D eigenvalue weighted by atomic mass is 10.1. The number of hydrogen-bond acceptors (Lipinski definition) is 4. The summed E-state index contributed by atoms with van der Waals surface area (Å²) in [7, 11) is 0. The van der Waals surface area contributed by atoms with Crippen molar-refractivity contribution >= 4 is 34.7 Å². The van der Waals surface area contributed by atoms with Crippen molar-refractivity contribution in [2.24, 2.45) is 5.10 Å². The van der Waals surface area contributed by atoms with Crippen molar-refractivity contribution in [1.82, 2.24) is 9.99 Å². The van der Waals surface area contributed by atoms with E-state index in [0.717, 1.165) is 27.7 Å². The van der Waals surface area contributed by atoms with Crippen LogP contribution in [0.15, 0.2) is 53.6 Å². The van der Waals surface area contributed by atoms with Crippen LogP contribution in [0.25, 0.3) is 10.9 Å². The Hall–Kier alpha value is -2.79. The molecule has 0 aliphatic heterocycles. The molecule has 3 aromatic rings. The van der Waals surface area contributed by atoms with Crippen LogP contribution in [0, 0.1) is 6.92 Å². The highest BCUT2D eigenvalue weighted by atomic mass is 35.5. The van der Waals surface area contributed by atoms with Gasteiger partial charge in [0.2, 0.25) is 0 Å². The molecule has 6 heteroatoms. The molecule has 1 aromatic heterocycles.